The Bertz CT molecular complexity index is 449. The van der Waals surface area contributed by atoms with E-state index in [0.717, 1.165) is 29.4 Å². The number of nitrogen functional groups attached to an aromatic ring is 1. The third kappa shape index (κ3) is 3.25. The molecule has 1 aromatic rings. The minimum atomic E-state index is 0.107. The normalized spacial score (nSPS) is 16.3. The zero-order valence-electron chi connectivity index (χ0n) is 11.9. The van der Waals surface area contributed by atoms with Gasteiger partial charge in [0.1, 0.15) is 11.7 Å². The molecule has 1 aliphatic carbocycles. The van der Waals surface area contributed by atoms with E-state index >= 15 is 0 Å². The van der Waals surface area contributed by atoms with Crippen LogP contribution < -0.4 is 10.6 Å². The van der Waals surface area contributed by atoms with Crippen molar-refractivity contribution < 1.29 is 0 Å². The van der Waals surface area contributed by atoms with Crippen LogP contribution in [0.15, 0.2) is 12.3 Å². The number of hydrogen-bond acceptors (Lipinski definition) is 3. The molecule has 4 nitrogen and oxygen atoms in total. The third-order valence-electron chi connectivity index (χ3n) is 4.03. The zero-order chi connectivity index (χ0) is 13.8. The fraction of sp³-hybridized carbons (Fsp3) is 0.600. The molecule has 4 heteroatoms. The summed E-state index contributed by atoms with van der Waals surface area (Å²) in [5, 5.41) is 7.74. The van der Waals surface area contributed by atoms with Crippen molar-refractivity contribution in [3.05, 3.63) is 23.4 Å². The van der Waals surface area contributed by atoms with Crippen LogP contribution >= 0.6 is 0 Å². The largest absolute Gasteiger partial charge is 0.384 e. The summed E-state index contributed by atoms with van der Waals surface area (Å²) in [6, 6.07) is 1.91. The van der Waals surface area contributed by atoms with Gasteiger partial charge in [0, 0.05) is 19.8 Å². The fourth-order valence-electron chi connectivity index (χ4n) is 3.01. The van der Waals surface area contributed by atoms with E-state index in [2.05, 4.69) is 16.9 Å². The van der Waals surface area contributed by atoms with Crippen LogP contribution in [0.4, 0.5) is 5.82 Å². The second kappa shape index (κ2) is 6.04. The molecule has 0 atom stereocenters. The lowest BCUT2D eigenvalue weighted by Gasteiger charge is -2.29. The van der Waals surface area contributed by atoms with Crippen molar-refractivity contribution in [2.45, 2.75) is 39.0 Å². The maximum Gasteiger partial charge on any atom is 0.139 e. The Hall–Kier alpha value is -1.58. The quantitative estimate of drug-likeness (QED) is 0.646. The number of aromatic nitrogens is 1. The highest BCUT2D eigenvalue weighted by Crippen LogP contribution is 2.27. The standard InChI is InChI=1S/C15H24N4/c1-11-8-9-18-15(13(11)14(16)17)19(2)10-12-6-4-3-5-7-12/h8-9,12H,3-7,10H2,1-2H3,(H3,16,17). The maximum absolute atomic E-state index is 7.74. The Kier molecular flexibility index (Phi) is 4.40. The molecule has 1 heterocycles. The van der Waals surface area contributed by atoms with Crippen molar-refractivity contribution in [3.8, 4) is 0 Å². The molecule has 0 radical (unpaired) electrons. The van der Waals surface area contributed by atoms with Gasteiger partial charge in [-0.3, -0.25) is 5.41 Å². The summed E-state index contributed by atoms with van der Waals surface area (Å²) in [6.45, 7) is 2.99. The van der Waals surface area contributed by atoms with E-state index in [1.165, 1.54) is 32.1 Å². The molecule has 1 aliphatic rings. The Labute approximate surface area is 115 Å². The van der Waals surface area contributed by atoms with Crippen molar-refractivity contribution in [1.29, 1.82) is 5.41 Å². The Morgan fingerprint density at radius 3 is 2.74 bits per heavy atom. The first-order valence-corrected chi connectivity index (χ1v) is 7.10. The number of anilines is 1. The predicted octanol–water partition coefficient (Wildman–Crippen LogP) is 2.69. The molecule has 0 bridgehead atoms. The summed E-state index contributed by atoms with van der Waals surface area (Å²) < 4.78 is 0. The van der Waals surface area contributed by atoms with Crippen LogP contribution in [0.2, 0.25) is 0 Å². The van der Waals surface area contributed by atoms with Crippen molar-refractivity contribution in [1.82, 2.24) is 4.98 Å². The number of nitrogens with two attached hydrogens (primary N) is 1. The topological polar surface area (TPSA) is 66.0 Å². The number of nitrogens with zero attached hydrogens (tertiary/aromatic N) is 2. The molecule has 0 saturated heterocycles. The van der Waals surface area contributed by atoms with Gasteiger partial charge in [-0.1, -0.05) is 19.3 Å². The number of nitrogens with one attached hydrogen (secondary N) is 1. The molecule has 0 spiro atoms. The molecular formula is C15H24N4. The minimum absolute atomic E-state index is 0.107. The number of hydrogen-bond donors (Lipinski definition) is 2. The number of amidine groups is 1. The van der Waals surface area contributed by atoms with E-state index in [0.29, 0.717) is 0 Å². The second-order valence-corrected chi connectivity index (χ2v) is 5.62. The summed E-state index contributed by atoms with van der Waals surface area (Å²) in [7, 11) is 2.06. The van der Waals surface area contributed by atoms with Gasteiger partial charge in [-0.05, 0) is 37.3 Å². The number of aryl methyl sites for hydroxylation is 1. The molecule has 0 unspecified atom stereocenters. The average Bonchev–Trinajstić information content (AvgIpc) is 2.39. The molecular weight excluding hydrogens is 236 g/mol. The maximum atomic E-state index is 7.74. The molecule has 0 aromatic carbocycles. The van der Waals surface area contributed by atoms with Crippen LogP contribution in [0.5, 0.6) is 0 Å². The van der Waals surface area contributed by atoms with Gasteiger partial charge in [-0.15, -0.1) is 0 Å². The SMILES string of the molecule is Cc1ccnc(N(C)CC2CCCCC2)c1C(=N)N. The van der Waals surface area contributed by atoms with Crippen LogP contribution in [0.3, 0.4) is 0 Å². The van der Waals surface area contributed by atoms with E-state index in [4.69, 9.17) is 11.1 Å². The Morgan fingerprint density at radius 1 is 1.42 bits per heavy atom. The summed E-state index contributed by atoms with van der Waals surface area (Å²) in [5.74, 6) is 1.70. The first-order valence-electron chi connectivity index (χ1n) is 7.10. The minimum Gasteiger partial charge on any atom is -0.384 e. The van der Waals surface area contributed by atoms with Gasteiger partial charge in [-0.2, -0.15) is 0 Å². The first-order chi connectivity index (χ1) is 9.09. The van der Waals surface area contributed by atoms with Crippen molar-refractivity contribution >= 4 is 11.7 Å². The highest BCUT2D eigenvalue weighted by atomic mass is 15.2. The average molecular weight is 260 g/mol. The summed E-state index contributed by atoms with van der Waals surface area (Å²) in [6.07, 6.45) is 8.49. The van der Waals surface area contributed by atoms with E-state index < -0.39 is 0 Å². The molecule has 3 N–H and O–H groups in total. The summed E-state index contributed by atoms with van der Waals surface area (Å²) in [5.41, 5.74) is 7.50. The molecule has 104 valence electrons. The fourth-order valence-corrected chi connectivity index (χ4v) is 3.01. The lowest BCUT2D eigenvalue weighted by Crippen LogP contribution is -2.30. The van der Waals surface area contributed by atoms with Gasteiger partial charge in [0.2, 0.25) is 0 Å². The zero-order valence-corrected chi connectivity index (χ0v) is 11.9. The van der Waals surface area contributed by atoms with Crippen molar-refractivity contribution in [2.24, 2.45) is 11.7 Å². The van der Waals surface area contributed by atoms with Crippen LogP contribution in [0.25, 0.3) is 0 Å². The van der Waals surface area contributed by atoms with E-state index in [1.54, 1.807) is 6.20 Å². The number of rotatable bonds is 4. The predicted molar refractivity (Wildman–Crippen MR) is 79.8 cm³/mol. The molecule has 1 saturated carbocycles. The second-order valence-electron chi connectivity index (χ2n) is 5.62. The highest BCUT2D eigenvalue weighted by Gasteiger charge is 2.19. The molecule has 0 aliphatic heterocycles. The number of pyridine rings is 1. The molecule has 2 rings (SSSR count). The van der Waals surface area contributed by atoms with Gasteiger partial charge in [0.05, 0.1) is 5.56 Å². The van der Waals surface area contributed by atoms with Gasteiger partial charge in [-0.25, -0.2) is 4.98 Å². The van der Waals surface area contributed by atoms with Crippen LogP contribution in [0.1, 0.15) is 43.2 Å². The summed E-state index contributed by atoms with van der Waals surface area (Å²) in [4.78, 5) is 6.60. The van der Waals surface area contributed by atoms with E-state index in [1.807, 2.05) is 13.0 Å². The van der Waals surface area contributed by atoms with Gasteiger partial charge in [0.25, 0.3) is 0 Å². The van der Waals surface area contributed by atoms with Crippen molar-refractivity contribution in [2.75, 3.05) is 18.5 Å². The van der Waals surface area contributed by atoms with E-state index in [9.17, 15) is 0 Å². The molecule has 19 heavy (non-hydrogen) atoms. The molecule has 1 fully saturated rings. The van der Waals surface area contributed by atoms with Crippen LogP contribution in [0, 0.1) is 18.3 Å². The Morgan fingerprint density at radius 2 is 2.11 bits per heavy atom. The third-order valence-corrected chi connectivity index (χ3v) is 4.03. The lowest BCUT2D eigenvalue weighted by molar-refractivity contribution is 0.361. The Balaban J connectivity index is 2.16. The van der Waals surface area contributed by atoms with Gasteiger partial charge < -0.3 is 10.6 Å². The van der Waals surface area contributed by atoms with Gasteiger partial charge >= 0.3 is 0 Å². The monoisotopic (exact) mass is 260 g/mol. The smallest absolute Gasteiger partial charge is 0.139 e. The first kappa shape index (κ1) is 13.8. The molecule has 0 amide bonds. The lowest BCUT2D eigenvalue weighted by atomic mass is 9.89. The van der Waals surface area contributed by atoms with E-state index in [-0.39, 0.29) is 5.84 Å². The van der Waals surface area contributed by atoms with Crippen LogP contribution in [-0.2, 0) is 0 Å². The summed E-state index contributed by atoms with van der Waals surface area (Å²) >= 11 is 0. The van der Waals surface area contributed by atoms with Gasteiger partial charge in [0.15, 0.2) is 0 Å². The highest BCUT2D eigenvalue weighted by molar-refractivity contribution is 6.00. The van der Waals surface area contributed by atoms with Crippen LogP contribution in [-0.4, -0.2) is 24.4 Å². The van der Waals surface area contributed by atoms with Crippen molar-refractivity contribution in [3.63, 3.8) is 0 Å². The molecule has 1 aromatic heterocycles.